The van der Waals surface area contributed by atoms with Crippen LogP contribution in [0.1, 0.15) is 18.4 Å². The van der Waals surface area contributed by atoms with Crippen LogP contribution in [0, 0.1) is 0 Å². The number of aryl methyl sites for hydroxylation is 1. The van der Waals surface area contributed by atoms with Gasteiger partial charge < -0.3 is 10.0 Å². The highest BCUT2D eigenvalue weighted by molar-refractivity contribution is 5.92. The molecule has 0 saturated carbocycles. The first-order chi connectivity index (χ1) is 11.1. The first-order valence-corrected chi connectivity index (χ1v) is 7.90. The fraction of sp³-hybridized carbons (Fsp3) is 0.316. The molecule has 1 N–H and O–H groups in total. The van der Waals surface area contributed by atoms with E-state index < -0.39 is 0 Å². The molecule has 4 heteroatoms. The molecule has 0 aliphatic carbocycles. The number of hydrogen-bond donors (Lipinski definition) is 1. The number of phenols is 1. The van der Waals surface area contributed by atoms with E-state index in [1.807, 2.05) is 18.2 Å². The molecule has 0 radical (unpaired) electrons. The number of nitrogens with zero attached hydrogens (tertiary/aromatic N) is 2. The standard InChI is InChI=1S/C19H24N2O2/c1-20(15-9-8-12-16-10-4-3-5-11-16)19(23)21(2)17-13-6-7-14-18(17)22/h3-7,10-11,13-14,22H,8-9,12,15H2,1-2H3. The van der Waals surface area contributed by atoms with E-state index in [1.54, 1.807) is 43.3 Å². The zero-order valence-corrected chi connectivity index (χ0v) is 13.8. The van der Waals surface area contributed by atoms with Crippen LogP contribution in [0.5, 0.6) is 5.75 Å². The minimum atomic E-state index is -0.119. The summed E-state index contributed by atoms with van der Waals surface area (Å²) in [4.78, 5) is 15.6. The number of phenolic OH excluding ortho intramolecular Hbond substituents is 1. The van der Waals surface area contributed by atoms with E-state index in [0.29, 0.717) is 12.2 Å². The van der Waals surface area contributed by atoms with Gasteiger partial charge in [0.15, 0.2) is 0 Å². The second-order valence-electron chi connectivity index (χ2n) is 5.69. The molecule has 0 heterocycles. The number of anilines is 1. The normalized spacial score (nSPS) is 10.3. The maximum Gasteiger partial charge on any atom is 0.324 e. The summed E-state index contributed by atoms with van der Waals surface area (Å²) in [6, 6.07) is 17.1. The van der Waals surface area contributed by atoms with Crippen LogP contribution in [0.4, 0.5) is 10.5 Å². The lowest BCUT2D eigenvalue weighted by atomic mass is 10.1. The Kier molecular flexibility index (Phi) is 6.03. The maximum atomic E-state index is 12.4. The molecule has 2 amide bonds. The van der Waals surface area contributed by atoms with Crippen molar-refractivity contribution in [1.82, 2.24) is 4.90 Å². The molecule has 0 aliphatic heterocycles. The molecule has 0 unspecified atom stereocenters. The summed E-state index contributed by atoms with van der Waals surface area (Å²) >= 11 is 0. The minimum Gasteiger partial charge on any atom is -0.506 e. The molecular formula is C19H24N2O2. The first-order valence-electron chi connectivity index (χ1n) is 7.90. The van der Waals surface area contributed by atoms with Gasteiger partial charge in [0.2, 0.25) is 0 Å². The summed E-state index contributed by atoms with van der Waals surface area (Å²) < 4.78 is 0. The maximum absolute atomic E-state index is 12.4. The Labute approximate surface area is 138 Å². The van der Waals surface area contributed by atoms with Crippen molar-refractivity contribution in [3.8, 4) is 5.75 Å². The van der Waals surface area contributed by atoms with Gasteiger partial charge in [-0.05, 0) is 37.0 Å². The molecule has 0 fully saturated rings. The van der Waals surface area contributed by atoms with Crippen molar-refractivity contribution in [2.75, 3.05) is 25.5 Å². The van der Waals surface area contributed by atoms with Gasteiger partial charge in [0, 0.05) is 20.6 Å². The molecule has 2 aromatic carbocycles. The Hall–Kier alpha value is -2.49. The molecule has 0 saturated heterocycles. The third-order valence-corrected chi connectivity index (χ3v) is 3.91. The Morgan fingerprint density at radius 2 is 1.61 bits per heavy atom. The number of rotatable bonds is 6. The van der Waals surface area contributed by atoms with E-state index in [-0.39, 0.29) is 11.8 Å². The lowest BCUT2D eigenvalue weighted by Crippen LogP contribution is -2.39. The smallest absolute Gasteiger partial charge is 0.324 e. The molecule has 2 rings (SSSR count). The van der Waals surface area contributed by atoms with Crippen LogP contribution in [0.25, 0.3) is 0 Å². The molecule has 0 spiro atoms. The predicted molar refractivity (Wildman–Crippen MR) is 93.9 cm³/mol. The van der Waals surface area contributed by atoms with Crippen LogP contribution in [0.2, 0.25) is 0 Å². The van der Waals surface area contributed by atoms with Crippen LogP contribution >= 0.6 is 0 Å². The lowest BCUT2D eigenvalue weighted by Gasteiger charge is -2.25. The number of amides is 2. The van der Waals surface area contributed by atoms with Crippen molar-refractivity contribution in [3.63, 3.8) is 0 Å². The highest BCUT2D eigenvalue weighted by atomic mass is 16.3. The van der Waals surface area contributed by atoms with Crippen molar-refractivity contribution in [1.29, 1.82) is 0 Å². The average molecular weight is 312 g/mol. The van der Waals surface area contributed by atoms with Crippen molar-refractivity contribution >= 4 is 11.7 Å². The number of unbranched alkanes of at least 4 members (excludes halogenated alkanes) is 1. The van der Waals surface area contributed by atoms with Gasteiger partial charge >= 0.3 is 6.03 Å². The van der Waals surface area contributed by atoms with Gasteiger partial charge in [0.25, 0.3) is 0 Å². The van der Waals surface area contributed by atoms with Crippen molar-refractivity contribution in [2.45, 2.75) is 19.3 Å². The van der Waals surface area contributed by atoms with Crippen molar-refractivity contribution in [2.24, 2.45) is 0 Å². The van der Waals surface area contributed by atoms with Gasteiger partial charge in [-0.3, -0.25) is 4.90 Å². The van der Waals surface area contributed by atoms with Crippen LogP contribution < -0.4 is 4.90 Å². The molecule has 2 aromatic rings. The molecule has 23 heavy (non-hydrogen) atoms. The van der Waals surface area contributed by atoms with Crippen LogP contribution in [-0.4, -0.2) is 36.7 Å². The summed E-state index contributed by atoms with van der Waals surface area (Å²) in [6.07, 6.45) is 3.02. The van der Waals surface area contributed by atoms with E-state index in [9.17, 15) is 9.90 Å². The molecular weight excluding hydrogens is 288 g/mol. The second-order valence-corrected chi connectivity index (χ2v) is 5.69. The zero-order valence-electron chi connectivity index (χ0n) is 13.8. The van der Waals surface area contributed by atoms with Crippen LogP contribution in [-0.2, 0) is 6.42 Å². The quantitative estimate of drug-likeness (QED) is 0.822. The summed E-state index contributed by atoms with van der Waals surface area (Å²) in [6.45, 7) is 0.698. The number of benzene rings is 2. The topological polar surface area (TPSA) is 43.8 Å². The van der Waals surface area contributed by atoms with Crippen LogP contribution in [0.3, 0.4) is 0 Å². The summed E-state index contributed by atoms with van der Waals surface area (Å²) in [7, 11) is 3.47. The third-order valence-electron chi connectivity index (χ3n) is 3.91. The third kappa shape index (κ3) is 4.74. The van der Waals surface area contributed by atoms with Gasteiger partial charge in [-0.15, -0.1) is 0 Å². The highest BCUT2D eigenvalue weighted by Crippen LogP contribution is 2.25. The SMILES string of the molecule is CN(CCCCc1ccccc1)C(=O)N(C)c1ccccc1O. The summed E-state index contributed by atoms with van der Waals surface area (Å²) in [5.41, 5.74) is 1.85. The van der Waals surface area contributed by atoms with Crippen molar-refractivity contribution < 1.29 is 9.90 Å². The van der Waals surface area contributed by atoms with E-state index in [2.05, 4.69) is 12.1 Å². The monoisotopic (exact) mass is 312 g/mol. The second kappa shape index (κ2) is 8.22. The van der Waals surface area contributed by atoms with E-state index in [0.717, 1.165) is 19.3 Å². The molecule has 0 bridgehead atoms. The molecule has 0 atom stereocenters. The predicted octanol–water partition coefficient (Wildman–Crippen LogP) is 3.90. The molecule has 4 nitrogen and oxygen atoms in total. The van der Waals surface area contributed by atoms with Gasteiger partial charge in [0.1, 0.15) is 5.75 Å². The zero-order chi connectivity index (χ0) is 16.7. The van der Waals surface area contributed by atoms with Crippen molar-refractivity contribution in [3.05, 3.63) is 60.2 Å². The number of carbonyl (C=O) groups excluding carboxylic acids is 1. The number of hydrogen-bond acceptors (Lipinski definition) is 2. The summed E-state index contributed by atoms with van der Waals surface area (Å²) in [5, 5.41) is 9.84. The Bertz CT molecular complexity index is 628. The van der Waals surface area contributed by atoms with Gasteiger partial charge in [-0.25, -0.2) is 4.79 Å². The van der Waals surface area contributed by atoms with E-state index in [4.69, 9.17) is 0 Å². The largest absolute Gasteiger partial charge is 0.506 e. The van der Waals surface area contributed by atoms with E-state index in [1.165, 1.54) is 10.5 Å². The van der Waals surface area contributed by atoms with Gasteiger partial charge in [0.05, 0.1) is 5.69 Å². The van der Waals surface area contributed by atoms with E-state index >= 15 is 0 Å². The Morgan fingerprint density at radius 3 is 2.30 bits per heavy atom. The number of aromatic hydroxyl groups is 1. The molecule has 122 valence electrons. The fourth-order valence-corrected chi connectivity index (χ4v) is 2.53. The average Bonchev–Trinajstić information content (AvgIpc) is 2.58. The summed E-state index contributed by atoms with van der Waals surface area (Å²) in [5.74, 6) is 0.112. The minimum absolute atomic E-state index is 0.112. The Morgan fingerprint density at radius 1 is 0.957 bits per heavy atom. The Balaban J connectivity index is 1.80. The number of urea groups is 1. The highest BCUT2D eigenvalue weighted by Gasteiger charge is 2.17. The van der Waals surface area contributed by atoms with Gasteiger partial charge in [-0.2, -0.15) is 0 Å². The fourth-order valence-electron chi connectivity index (χ4n) is 2.53. The van der Waals surface area contributed by atoms with Gasteiger partial charge in [-0.1, -0.05) is 42.5 Å². The molecule has 0 aliphatic rings. The first kappa shape index (κ1) is 16.9. The number of carbonyl (C=O) groups is 1. The number of para-hydroxylation sites is 2. The molecule has 0 aromatic heterocycles. The van der Waals surface area contributed by atoms with Crippen LogP contribution in [0.15, 0.2) is 54.6 Å². The lowest BCUT2D eigenvalue weighted by molar-refractivity contribution is 0.216.